The summed E-state index contributed by atoms with van der Waals surface area (Å²) in [6, 6.07) is 6.22. The molecule has 0 saturated carbocycles. The topological polar surface area (TPSA) is 102 Å². The van der Waals surface area contributed by atoms with E-state index in [-0.39, 0.29) is 5.75 Å². The van der Waals surface area contributed by atoms with Gasteiger partial charge in [0.25, 0.3) is 0 Å². The minimum Gasteiger partial charge on any atom is -0.508 e. The third-order valence-corrected chi connectivity index (χ3v) is 3.03. The Morgan fingerprint density at radius 3 is 2.22 bits per heavy atom. The van der Waals surface area contributed by atoms with Gasteiger partial charge in [-0.15, -0.1) is 0 Å². The van der Waals surface area contributed by atoms with E-state index in [0.29, 0.717) is 5.69 Å². The number of ether oxygens (including phenoxy) is 1. The van der Waals surface area contributed by atoms with Gasteiger partial charge in [0.2, 0.25) is 0 Å². The van der Waals surface area contributed by atoms with Crippen molar-refractivity contribution in [3.8, 4) is 5.75 Å². The van der Waals surface area contributed by atoms with Crippen LogP contribution in [0.3, 0.4) is 0 Å². The Morgan fingerprint density at radius 1 is 1.00 bits per heavy atom. The molecule has 18 heavy (non-hydrogen) atoms. The first-order chi connectivity index (χ1) is 8.49. The molecule has 0 bridgehead atoms. The molecule has 0 radical (unpaired) electrons. The zero-order chi connectivity index (χ0) is 13.3. The highest BCUT2D eigenvalue weighted by atomic mass is 16.5. The number of hydrogen-bond donors (Lipinski definition) is 5. The second-order valence-electron chi connectivity index (χ2n) is 4.42. The van der Waals surface area contributed by atoms with E-state index in [4.69, 9.17) is 9.84 Å². The predicted octanol–water partition coefficient (Wildman–Crippen LogP) is -0.368. The SMILES string of the molecule is C[C@H]1O[C@@H](Nc2ccc(O)cc2)[C@@H](O)[C@@H](O)[C@@H]1O. The lowest BCUT2D eigenvalue weighted by Crippen LogP contribution is -2.58. The normalized spacial score (nSPS) is 36.3. The van der Waals surface area contributed by atoms with Crippen LogP contribution in [0.2, 0.25) is 0 Å². The number of hydrogen-bond acceptors (Lipinski definition) is 6. The maximum absolute atomic E-state index is 9.79. The molecule has 2 rings (SSSR count). The second kappa shape index (κ2) is 5.11. The summed E-state index contributed by atoms with van der Waals surface area (Å²) in [5, 5.41) is 41.0. The molecule has 1 aromatic rings. The molecular formula is C12H17NO5. The van der Waals surface area contributed by atoms with Gasteiger partial charge in [0.15, 0.2) is 6.23 Å². The van der Waals surface area contributed by atoms with E-state index < -0.39 is 30.6 Å². The number of anilines is 1. The van der Waals surface area contributed by atoms with Gasteiger partial charge >= 0.3 is 0 Å². The Balaban J connectivity index is 2.06. The van der Waals surface area contributed by atoms with E-state index in [1.165, 1.54) is 12.1 Å². The fraction of sp³-hybridized carbons (Fsp3) is 0.500. The fourth-order valence-electron chi connectivity index (χ4n) is 1.89. The largest absolute Gasteiger partial charge is 0.508 e. The monoisotopic (exact) mass is 255 g/mol. The average Bonchev–Trinajstić information content (AvgIpc) is 2.36. The second-order valence-corrected chi connectivity index (χ2v) is 4.42. The van der Waals surface area contributed by atoms with Crippen molar-refractivity contribution < 1.29 is 25.2 Å². The highest BCUT2D eigenvalue weighted by Crippen LogP contribution is 2.23. The fourth-order valence-corrected chi connectivity index (χ4v) is 1.89. The Bertz CT molecular complexity index is 396. The third-order valence-electron chi connectivity index (χ3n) is 3.03. The molecule has 1 aliphatic rings. The summed E-state index contributed by atoms with van der Waals surface area (Å²) in [6.07, 6.45) is -5.01. The molecule has 100 valence electrons. The lowest BCUT2D eigenvalue weighted by atomic mass is 9.99. The number of aliphatic hydroxyl groups excluding tert-OH is 3. The number of aliphatic hydroxyl groups is 3. The number of rotatable bonds is 2. The molecule has 1 fully saturated rings. The average molecular weight is 255 g/mol. The molecular weight excluding hydrogens is 238 g/mol. The Hall–Kier alpha value is -1.34. The van der Waals surface area contributed by atoms with Crippen molar-refractivity contribution in [2.24, 2.45) is 0 Å². The molecule has 5 atom stereocenters. The minimum atomic E-state index is -1.26. The van der Waals surface area contributed by atoms with Crippen molar-refractivity contribution in [3.05, 3.63) is 24.3 Å². The van der Waals surface area contributed by atoms with Gasteiger partial charge in [-0.05, 0) is 31.2 Å². The summed E-state index contributed by atoms with van der Waals surface area (Å²) < 4.78 is 5.38. The van der Waals surface area contributed by atoms with E-state index in [9.17, 15) is 15.3 Å². The van der Waals surface area contributed by atoms with Crippen molar-refractivity contribution in [3.63, 3.8) is 0 Å². The molecule has 5 N–H and O–H groups in total. The van der Waals surface area contributed by atoms with Crippen molar-refractivity contribution in [1.82, 2.24) is 0 Å². The first-order valence-corrected chi connectivity index (χ1v) is 5.74. The van der Waals surface area contributed by atoms with Crippen LogP contribution in [0.4, 0.5) is 5.69 Å². The molecule has 1 heterocycles. The van der Waals surface area contributed by atoms with Gasteiger partial charge in [0.1, 0.15) is 24.1 Å². The van der Waals surface area contributed by atoms with Crippen LogP contribution in [0.25, 0.3) is 0 Å². The molecule has 0 unspecified atom stereocenters. The van der Waals surface area contributed by atoms with Gasteiger partial charge < -0.3 is 30.5 Å². The Morgan fingerprint density at radius 2 is 1.61 bits per heavy atom. The summed E-state index contributed by atoms with van der Waals surface area (Å²) in [5.41, 5.74) is 0.632. The zero-order valence-corrected chi connectivity index (χ0v) is 9.89. The van der Waals surface area contributed by atoms with Crippen molar-refractivity contribution in [2.75, 3.05) is 5.32 Å². The van der Waals surface area contributed by atoms with E-state index in [1.807, 2.05) is 0 Å². The zero-order valence-electron chi connectivity index (χ0n) is 9.89. The van der Waals surface area contributed by atoms with E-state index in [0.717, 1.165) is 0 Å². The predicted molar refractivity (Wildman–Crippen MR) is 64.1 cm³/mol. The van der Waals surface area contributed by atoms with Crippen LogP contribution in [-0.4, -0.2) is 51.1 Å². The molecule has 1 aliphatic heterocycles. The third kappa shape index (κ3) is 2.56. The van der Waals surface area contributed by atoms with Crippen molar-refractivity contribution >= 4 is 5.69 Å². The summed E-state index contributed by atoms with van der Waals surface area (Å²) in [6.45, 7) is 1.62. The van der Waals surface area contributed by atoms with Gasteiger partial charge in [0, 0.05) is 5.69 Å². The first kappa shape index (κ1) is 13.1. The maximum atomic E-state index is 9.79. The van der Waals surface area contributed by atoms with Gasteiger partial charge in [-0.2, -0.15) is 0 Å². The smallest absolute Gasteiger partial charge is 0.157 e. The molecule has 0 aliphatic carbocycles. The quantitative estimate of drug-likeness (QED) is 0.462. The lowest BCUT2D eigenvalue weighted by Gasteiger charge is -2.39. The molecule has 0 amide bonds. The van der Waals surface area contributed by atoms with E-state index >= 15 is 0 Å². The van der Waals surface area contributed by atoms with Crippen LogP contribution < -0.4 is 5.32 Å². The van der Waals surface area contributed by atoms with Crippen LogP contribution in [0.1, 0.15) is 6.92 Å². The van der Waals surface area contributed by atoms with Crippen molar-refractivity contribution in [1.29, 1.82) is 0 Å². The maximum Gasteiger partial charge on any atom is 0.157 e. The summed E-state index contributed by atoms with van der Waals surface area (Å²) in [5.74, 6) is 0.134. The molecule has 6 nitrogen and oxygen atoms in total. The van der Waals surface area contributed by atoms with E-state index in [2.05, 4.69) is 5.32 Å². The molecule has 1 saturated heterocycles. The van der Waals surface area contributed by atoms with Crippen LogP contribution >= 0.6 is 0 Å². The van der Waals surface area contributed by atoms with Gasteiger partial charge in [-0.3, -0.25) is 0 Å². The van der Waals surface area contributed by atoms with E-state index in [1.54, 1.807) is 19.1 Å². The minimum absolute atomic E-state index is 0.134. The number of phenols is 1. The molecule has 1 aromatic carbocycles. The highest BCUT2D eigenvalue weighted by Gasteiger charge is 2.41. The number of phenolic OH excluding ortho intramolecular Hbond substituents is 1. The number of aromatic hydroxyl groups is 1. The van der Waals surface area contributed by atoms with Crippen LogP contribution in [-0.2, 0) is 4.74 Å². The number of nitrogens with one attached hydrogen (secondary N) is 1. The lowest BCUT2D eigenvalue weighted by molar-refractivity contribution is -0.209. The number of benzene rings is 1. The molecule has 0 spiro atoms. The summed E-state index contributed by atoms with van der Waals surface area (Å²) in [4.78, 5) is 0. The Kier molecular flexibility index (Phi) is 3.72. The van der Waals surface area contributed by atoms with Gasteiger partial charge in [0.05, 0.1) is 6.10 Å². The molecule has 0 aromatic heterocycles. The first-order valence-electron chi connectivity index (χ1n) is 5.74. The van der Waals surface area contributed by atoms with Crippen LogP contribution in [0.15, 0.2) is 24.3 Å². The van der Waals surface area contributed by atoms with Gasteiger partial charge in [-0.1, -0.05) is 0 Å². The van der Waals surface area contributed by atoms with Crippen LogP contribution in [0.5, 0.6) is 5.75 Å². The van der Waals surface area contributed by atoms with Crippen LogP contribution in [0, 0.1) is 0 Å². The highest BCUT2D eigenvalue weighted by molar-refractivity contribution is 5.46. The molecule has 6 heteroatoms. The standard InChI is InChI=1S/C12H17NO5/c1-6-9(15)10(16)11(17)12(18-6)13-7-2-4-8(14)5-3-7/h2-6,9-17H,1H3/t6-,9-,10+,11+,12-/m1/s1. The van der Waals surface area contributed by atoms with Crippen molar-refractivity contribution in [2.45, 2.75) is 37.6 Å². The summed E-state index contributed by atoms with van der Waals surface area (Å²) >= 11 is 0. The summed E-state index contributed by atoms with van der Waals surface area (Å²) in [7, 11) is 0. The van der Waals surface area contributed by atoms with Gasteiger partial charge in [-0.25, -0.2) is 0 Å². The Labute approximate surface area is 104 Å².